The van der Waals surface area contributed by atoms with E-state index in [-0.39, 0.29) is 0 Å². The van der Waals surface area contributed by atoms with Crippen molar-refractivity contribution in [2.24, 2.45) is 0 Å². The maximum atomic E-state index is 10.4. The standard InChI is InChI=1S/C12H10N2O2/c13-10-3-2-9-5-8(1-4-12(15)16)7-14-11(9)6-10/h1-7H,13H2,(H,15,16)/b4-1+. The number of nitrogens with two attached hydrogens (primary N) is 1. The fourth-order valence-electron chi connectivity index (χ4n) is 1.41. The van der Waals surface area contributed by atoms with E-state index in [1.165, 1.54) is 6.08 Å². The molecule has 0 atom stereocenters. The van der Waals surface area contributed by atoms with Crippen molar-refractivity contribution in [1.82, 2.24) is 4.98 Å². The number of aromatic nitrogens is 1. The zero-order chi connectivity index (χ0) is 11.5. The van der Waals surface area contributed by atoms with Gasteiger partial charge in [-0.3, -0.25) is 4.98 Å². The number of carbonyl (C=O) groups is 1. The van der Waals surface area contributed by atoms with Crippen molar-refractivity contribution in [3.63, 3.8) is 0 Å². The van der Waals surface area contributed by atoms with E-state index in [9.17, 15) is 4.79 Å². The zero-order valence-corrected chi connectivity index (χ0v) is 8.42. The van der Waals surface area contributed by atoms with Crippen molar-refractivity contribution in [1.29, 1.82) is 0 Å². The number of anilines is 1. The van der Waals surface area contributed by atoms with Crippen LogP contribution in [-0.2, 0) is 4.79 Å². The smallest absolute Gasteiger partial charge is 0.328 e. The second-order valence-electron chi connectivity index (χ2n) is 3.39. The maximum absolute atomic E-state index is 10.4. The number of nitrogen functional groups attached to an aromatic ring is 1. The van der Waals surface area contributed by atoms with Gasteiger partial charge in [-0.25, -0.2) is 4.79 Å². The normalized spacial score (nSPS) is 11.0. The van der Waals surface area contributed by atoms with Crippen LogP contribution in [0.2, 0.25) is 0 Å². The molecule has 0 amide bonds. The Morgan fingerprint density at radius 1 is 1.38 bits per heavy atom. The predicted octanol–water partition coefficient (Wildman–Crippen LogP) is 1.91. The third-order valence-corrected chi connectivity index (χ3v) is 2.15. The molecule has 0 aliphatic carbocycles. The molecule has 3 N–H and O–H groups in total. The van der Waals surface area contributed by atoms with Crippen molar-refractivity contribution >= 4 is 28.6 Å². The van der Waals surface area contributed by atoms with E-state index in [2.05, 4.69) is 4.98 Å². The Labute approximate surface area is 92.0 Å². The summed E-state index contributed by atoms with van der Waals surface area (Å²) in [6.07, 6.45) is 4.20. The van der Waals surface area contributed by atoms with Gasteiger partial charge in [0.05, 0.1) is 5.52 Å². The Hall–Kier alpha value is -2.36. The average molecular weight is 214 g/mol. The summed E-state index contributed by atoms with van der Waals surface area (Å²) in [5.41, 5.74) is 7.84. The van der Waals surface area contributed by atoms with Crippen LogP contribution in [-0.4, -0.2) is 16.1 Å². The van der Waals surface area contributed by atoms with Crippen LogP contribution < -0.4 is 5.73 Å². The van der Waals surface area contributed by atoms with E-state index in [0.29, 0.717) is 5.69 Å². The third-order valence-electron chi connectivity index (χ3n) is 2.15. The van der Waals surface area contributed by atoms with Gasteiger partial charge < -0.3 is 10.8 Å². The molecule has 0 fully saturated rings. The van der Waals surface area contributed by atoms with Crippen molar-refractivity contribution in [3.8, 4) is 0 Å². The lowest BCUT2D eigenvalue weighted by atomic mass is 10.1. The summed E-state index contributed by atoms with van der Waals surface area (Å²) in [6.45, 7) is 0. The van der Waals surface area contributed by atoms with Gasteiger partial charge in [-0.2, -0.15) is 0 Å². The fraction of sp³-hybridized carbons (Fsp3) is 0. The Kier molecular flexibility index (Phi) is 2.55. The first-order valence-corrected chi connectivity index (χ1v) is 4.71. The summed E-state index contributed by atoms with van der Waals surface area (Å²) in [6, 6.07) is 7.28. The first-order valence-electron chi connectivity index (χ1n) is 4.71. The first-order chi connectivity index (χ1) is 7.65. The molecular formula is C12H10N2O2. The Bertz CT molecular complexity index is 576. The van der Waals surface area contributed by atoms with Crippen LogP contribution in [0.5, 0.6) is 0 Å². The number of nitrogens with zero attached hydrogens (tertiary/aromatic N) is 1. The zero-order valence-electron chi connectivity index (χ0n) is 8.42. The van der Waals surface area contributed by atoms with Crippen LogP contribution in [0.4, 0.5) is 5.69 Å². The molecule has 0 aliphatic heterocycles. The highest BCUT2D eigenvalue weighted by atomic mass is 16.4. The molecule has 1 aromatic heterocycles. The number of carboxylic acids is 1. The molecule has 4 nitrogen and oxygen atoms in total. The van der Waals surface area contributed by atoms with Crippen LogP contribution >= 0.6 is 0 Å². The molecule has 80 valence electrons. The minimum Gasteiger partial charge on any atom is -0.478 e. The van der Waals surface area contributed by atoms with Gasteiger partial charge in [0.15, 0.2) is 0 Å². The van der Waals surface area contributed by atoms with Gasteiger partial charge in [-0.05, 0) is 29.8 Å². The molecule has 2 aromatic rings. The Balaban J connectivity index is 2.44. The molecule has 0 unspecified atom stereocenters. The maximum Gasteiger partial charge on any atom is 0.328 e. The molecule has 1 heterocycles. The number of benzene rings is 1. The number of hydrogen-bond acceptors (Lipinski definition) is 3. The predicted molar refractivity (Wildman–Crippen MR) is 62.8 cm³/mol. The van der Waals surface area contributed by atoms with Gasteiger partial charge in [0.25, 0.3) is 0 Å². The molecule has 0 saturated heterocycles. The summed E-state index contributed by atoms with van der Waals surface area (Å²) < 4.78 is 0. The van der Waals surface area contributed by atoms with Crippen LogP contribution in [0.25, 0.3) is 17.0 Å². The Morgan fingerprint density at radius 2 is 2.19 bits per heavy atom. The topological polar surface area (TPSA) is 76.2 Å². The lowest BCUT2D eigenvalue weighted by Crippen LogP contribution is -1.88. The van der Waals surface area contributed by atoms with Gasteiger partial charge in [-0.15, -0.1) is 0 Å². The van der Waals surface area contributed by atoms with Gasteiger partial charge in [0.2, 0.25) is 0 Å². The third kappa shape index (κ3) is 2.17. The highest BCUT2D eigenvalue weighted by Crippen LogP contribution is 2.16. The summed E-state index contributed by atoms with van der Waals surface area (Å²) in [5.74, 6) is -0.975. The number of hydrogen-bond donors (Lipinski definition) is 2. The van der Waals surface area contributed by atoms with Gasteiger partial charge in [0.1, 0.15) is 0 Å². The summed E-state index contributed by atoms with van der Waals surface area (Å²) >= 11 is 0. The molecule has 2 rings (SSSR count). The molecule has 0 spiro atoms. The van der Waals surface area contributed by atoms with Gasteiger partial charge in [0, 0.05) is 23.3 Å². The minimum atomic E-state index is -0.975. The summed E-state index contributed by atoms with van der Waals surface area (Å²) in [5, 5.41) is 9.43. The number of carboxylic acid groups (broad SMARTS) is 1. The van der Waals surface area contributed by atoms with Crippen LogP contribution in [0.3, 0.4) is 0 Å². The molecule has 16 heavy (non-hydrogen) atoms. The molecule has 0 bridgehead atoms. The molecule has 0 aliphatic rings. The second kappa shape index (κ2) is 4.02. The molecule has 0 radical (unpaired) electrons. The summed E-state index contributed by atoms with van der Waals surface area (Å²) in [4.78, 5) is 14.6. The Morgan fingerprint density at radius 3 is 2.94 bits per heavy atom. The molecule has 1 aromatic carbocycles. The van der Waals surface area contributed by atoms with Crippen molar-refractivity contribution < 1.29 is 9.90 Å². The quantitative estimate of drug-likeness (QED) is 0.591. The van der Waals surface area contributed by atoms with Crippen molar-refractivity contribution in [2.75, 3.05) is 5.73 Å². The lowest BCUT2D eigenvalue weighted by molar-refractivity contribution is -0.131. The lowest BCUT2D eigenvalue weighted by Gasteiger charge is -1.99. The SMILES string of the molecule is Nc1ccc2cc(/C=C/C(=O)O)cnc2c1. The van der Waals surface area contributed by atoms with Crippen LogP contribution in [0.1, 0.15) is 5.56 Å². The number of rotatable bonds is 2. The average Bonchev–Trinajstić information content (AvgIpc) is 2.26. The van der Waals surface area contributed by atoms with E-state index >= 15 is 0 Å². The summed E-state index contributed by atoms with van der Waals surface area (Å²) in [7, 11) is 0. The van der Waals surface area contributed by atoms with Crippen LogP contribution in [0.15, 0.2) is 36.5 Å². The van der Waals surface area contributed by atoms with Crippen LogP contribution in [0, 0.1) is 0 Å². The number of pyridine rings is 1. The van der Waals surface area contributed by atoms with E-state index in [0.717, 1.165) is 22.5 Å². The monoisotopic (exact) mass is 214 g/mol. The van der Waals surface area contributed by atoms with Gasteiger partial charge in [-0.1, -0.05) is 6.07 Å². The highest BCUT2D eigenvalue weighted by molar-refractivity contribution is 5.87. The van der Waals surface area contributed by atoms with E-state index < -0.39 is 5.97 Å². The second-order valence-corrected chi connectivity index (χ2v) is 3.39. The van der Waals surface area contributed by atoms with E-state index in [1.807, 2.05) is 12.1 Å². The molecular weight excluding hydrogens is 204 g/mol. The highest BCUT2D eigenvalue weighted by Gasteiger charge is 1.97. The van der Waals surface area contributed by atoms with E-state index in [4.69, 9.17) is 10.8 Å². The largest absolute Gasteiger partial charge is 0.478 e. The van der Waals surface area contributed by atoms with E-state index in [1.54, 1.807) is 18.3 Å². The van der Waals surface area contributed by atoms with Crippen molar-refractivity contribution in [2.45, 2.75) is 0 Å². The number of aliphatic carboxylic acids is 1. The molecule has 0 saturated carbocycles. The molecule has 4 heteroatoms. The fourth-order valence-corrected chi connectivity index (χ4v) is 1.41. The minimum absolute atomic E-state index is 0.661. The van der Waals surface area contributed by atoms with Gasteiger partial charge >= 0.3 is 5.97 Å². The first kappa shape index (κ1) is 10.2. The number of fused-ring (bicyclic) bond motifs is 1. The van der Waals surface area contributed by atoms with Crippen molar-refractivity contribution in [3.05, 3.63) is 42.1 Å².